The molecule has 6 nitrogen and oxygen atoms in total. The van der Waals surface area contributed by atoms with E-state index in [4.69, 9.17) is 4.74 Å². The van der Waals surface area contributed by atoms with Crippen LogP contribution in [0.2, 0.25) is 0 Å². The van der Waals surface area contributed by atoms with Gasteiger partial charge in [0.25, 0.3) is 5.91 Å². The van der Waals surface area contributed by atoms with E-state index < -0.39 is 30.1 Å². The zero-order valence-corrected chi connectivity index (χ0v) is 10.5. The molecule has 0 aliphatic carbocycles. The fourth-order valence-electron chi connectivity index (χ4n) is 1.38. The number of nitrogens with zero attached hydrogens (tertiary/aromatic N) is 2. The first-order valence-electron chi connectivity index (χ1n) is 5.74. The van der Waals surface area contributed by atoms with Crippen molar-refractivity contribution in [3.05, 3.63) is 54.1 Å². The summed E-state index contributed by atoms with van der Waals surface area (Å²) < 4.78 is 30.3. The van der Waals surface area contributed by atoms with E-state index in [0.29, 0.717) is 0 Å². The number of amides is 1. The summed E-state index contributed by atoms with van der Waals surface area (Å²) in [7, 11) is 0. The second kappa shape index (κ2) is 6.51. The second-order valence-corrected chi connectivity index (χ2v) is 3.84. The third-order valence-corrected chi connectivity index (χ3v) is 2.31. The lowest BCUT2D eigenvalue weighted by Crippen LogP contribution is -2.21. The lowest BCUT2D eigenvalue weighted by atomic mass is 10.3. The molecule has 1 heterocycles. The fourth-order valence-corrected chi connectivity index (χ4v) is 1.38. The third kappa shape index (κ3) is 4.03. The van der Waals surface area contributed by atoms with Crippen LogP contribution in [0, 0.1) is 11.6 Å². The molecule has 108 valence electrons. The highest BCUT2D eigenvalue weighted by Gasteiger charge is 2.12. The van der Waals surface area contributed by atoms with E-state index in [0.717, 1.165) is 12.1 Å². The summed E-state index contributed by atoms with van der Waals surface area (Å²) in [6, 6.07) is 2.87. The first-order chi connectivity index (χ1) is 10.1. The van der Waals surface area contributed by atoms with E-state index in [1.807, 2.05) is 0 Å². The van der Waals surface area contributed by atoms with Crippen LogP contribution >= 0.6 is 0 Å². The fraction of sp³-hybridized carbons (Fsp3) is 0.0769. The van der Waals surface area contributed by atoms with Crippen LogP contribution < -0.4 is 5.32 Å². The number of esters is 1. The Balaban J connectivity index is 1.87. The Hall–Kier alpha value is -2.90. The SMILES string of the molecule is O=C(COC(=O)c1cnccn1)Nc1ccc(F)c(F)c1. The Kier molecular flexibility index (Phi) is 4.50. The van der Waals surface area contributed by atoms with Crippen LogP contribution in [0.25, 0.3) is 0 Å². The smallest absolute Gasteiger partial charge is 0.359 e. The number of hydrogen-bond donors (Lipinski definition) is 1. The van der Waals surface area contributed by atoms with Crippen molar-refractivity contribution in [2.45, 2.75) is 0 Å². The van der Waals surface area contributed by atoms with Gasteiger partial charge in [-0.25, -0.2) is 18.6 Å². The number of aromatic nitrogens is 2. The predicted molar refractivity (Wildman–Crippen MR) is 67.3 cm³/mol. The van der Waals surface area contributed by atoms with Crippen molar-refractivity contribution in [3.8, 4) is 0 Å². The van der Waals surface area contributed by atoms with Crippen LogP contribution in [0.5, 0.6) is 0 Å². The van der Waals surface area contributed by atoms with Gasteiger partial charge in [-0.3, -0.25) is 9.78 Å². The Labute approximate surface area is 117 Å². The molecule has 0 saturated heterocycles. The Bertz CT molecular complexity index is 665. The monoisotopic (exact) mass is 293 g/mol. The molecule has 0 spiro atoms. The van der Waals surface area contributed by atoms with Gasteiger partial charge in [-0.15, -0.1) is 0 Å². The van der Waals surface area contributed by atoms with Crippen molar-refractivity contribution in [2.24, 2.45) is 0 Å². The van der Waals surface area contributed by atoms with Crippen LogP contribution in [0.1, 0.15) is 10.5 Å². The highest BCUT2D eigenvalue weighted by atomic mass is 19.2. The number of halogens is 2. The predicted octanol–water partition coefficient (Wildman–Crippen LogP) is 1.55. The molecule has 2 aromatic rings. The van der Waals surface area contributed by atoms with Crippen molar-refractivity contribution in [1.82, 2.24) is 9.97 Å². The molecule has 0 unspecified atom stereocenters. The number of ether oxygens (including phenoxy) is 1. The Morgan fingerprint density at radius 1 is 1.19 bits per heavy atom. The summed E-state index contributed by atoms with van der Waals surface area (Å²) in [5.74, 6) is -3.63. The summed E-state index contributed by atoms with van der Waals surface area (Å²) in [6.45, 7) is -0.589. The Morgan fingerprint density at radius 2 is 2.00 bits per heavy atom. The first kappa shape index (κ1) is 14.5. The average Bonchev–Trinajstić information content (AvgIpc) is 2.49. The van der Waals surface area contributed by atoms with Gasteiger partial charge in [-0.2, -0.15) is 0 Å². The molecule has 1 N–H and O–H groups in total. The lowest BCUT2D eigenvalue weighted by Gasteiger charge is -2.06. The minimum Gasteiger partial charge on any atom is -0.451 e. The highest BCUT2D eigenvalue weighted by molar-refractivity contribution is 5.94. The van der Waals surface area contributed by atoms with E-state index in [1.54, 1.807) is 0 Å². The molecule has 0 fully saturated rings. The average molecular weight is 293 g/mol. The molecule has 1 amide bonds. The van der Waals surface area contributed by atoms with Gasteiger partial charge < -0.3 is 10.1 Å². The normalized spacial score (nSPS) is 10.0. The van der Waals surface area contributed by atoms with E-state index in [9.17, 15) is 18.4 Å². The van der Waals surface area contributed by atoms with Crippen LogP contribution in [0.4, 0.5) is 14.5 Å². The van der Waals surface area contributed by atoms with Crippen LogP contribution in [0.15, 0.2) is 36.8 Å². The molecule has 21 heavy (non-hydrogen) atoms. The van der Waals surface area contributed by atoms with Crippen molar-refractivity contribution < 1.29 is 23.1 Å². The van der Waals surface area contributed by atoms with Gasteiger partial charge >= 0.3 is 5.97 Å². The standard InChI is InChI=1S/C13H9F2N3O3/c14-9-2-1-8(5-10(9)15)18-12(19)7-21-13(20)11-6-16-3-4-17-11/h1-6H,7H2,(H,18,19). The van der Waals surface area contributed by atoms with Crippen molar-refractivity contribution in [1.29, 1.82) is 0 Å². The summed E-state index contributed by atoms with van der Waals surface area (Å²) >= 11 is 0. The third-order valence-electron chi connectivity index (χ3n) is 2.31. The number of nitrogens with one attached hydrogen (secondary N) is 1. The van der Waals surface area contributed by atoms with Crippen molar-refractivity contribution in [3.63, 3.8) is 0 Å². The van der Waals surface area contributed by atoms with Crippen molar-refractivity contribution >= 4 is 17.6 Å². The van der Waals surface area contributed by atoms with E-state index in [2.05, 4.69) is 15.3 Å². The quantitative estimate of drug-likeness (QED) is 0.865. The molecule has 0 aliphatic heterocycles. The van der Waals surface area contributed by atoms with Crippen LogP contribution in [-0.2, 0) is 9.53 Å². The van der Waals surface area contributed by atoms with E-state index in [-0.39, 0.29) is 11.4 Å². The zero-order chi connectivity index (χ0) is 15.2. The maximum atomic E-state index is 12.9. The van der Waals surface area contributed by atoms with Gasteiger partial charge in [0.1, 0.15) is 0 Å². The second-order valence-electron chi connectivity index (χ2n) is 3.84. The van der Waals surface area contributed by atoms with Gasteiger partial charge in [-0.1, -0.05) is 0 Å². The van der Waals surface area contributed by atoms with Gasteiger partial charge in [0, 0.05) is 24.1 Å². The van der Waals surface area contributed by atoms with Gasteiger partial charge in [0.2, 0.25) is 0 Å². The largest absolute Gasteiger partial charge is 0.451 e. The number of carbonyl (C=O) groups excluding carboxylic acids is 2. The summed E-state index contributed by atoms with van der Waals surface area (Å²) in [4.78, 5) is 30.4. The maximum absolute atomic E-state index is 12.9. The molecule has 0 aliphatic rings. The van der Waals surface area contributed by atoms with Crippen LogP contribution in [0.3, 0.4) is 0 Å². The molecule has 0 bridgehead atoms. The minimum atomic E-state index is -1.09. The molecule has 1 aromatic carbocycles. The summed E-state index contributed by atoms with van der Waals surface area (Å²) in [5, 5.41) is 2.26. The molecular weight excluding hydrogens is 284 g/mol. The highest BCUT2D eigenvalue weighted by Crippen LogP contribution is 2.12. The Morgan fingerprint density at radius 3 is 2.67 bits per heavy atom. The molecule has 0 atom stereocenters. The van der Waals surface area contributed by atoms with E-state index in [1.165, 1.54) is 24.7 Å². The summed E-state index contributed by atoms with van der Waals surface area (Å²) in [5.41, 5.74) is 0.00702. The number of hydrogen-bond acceptors (Lipinski definition) is 5. The van der Waals surface area contributed by atoms with Crippen LogP contribution in [-0.4, -0.2) is 28.5 Å². The topological polar surface area (TPSA) is 81.2 Å². The lowest BCUT2D eigenvalue weighted by molar-refractivity contribution is -0.119. The number of benzene rings is 1. The number of carbonyl (C=O) groups is 2. The molecule has 2 rings (SSSR count). The molecule has 1 aromatic heterocycles. The van der Waals surface area contributed by atoms with Gasteiger partial charge in [0.15, 0.2) is 23.9 Å². The molecule has 0 radical (unpaired) electrons. The molecular formula is C13H9F2N3O3. The number of rotatable bonds is 4. The summed E-state index contributed by atoms with van der Waals surface area (Å²) in [6.07, 6.45) is 3.88. The first-order valence-corrected chi connectivity index (χ1v) is 5.74. The van der Waals surface area contributed by atoms with E-state index >= 15 is 0 Å². The van der Waals surface area contributed by atoms with Crippen molar-refractivity contribution in [2.75, 3.05) is 11.9 Å². The van der Waals surface area contributed by atoms with Gasteiger partial charge in [0.05, 0.1) is 6.20 Å². The zero-order valence-electron chi connectivity index (χ0n) is 10.5. The molecule has 0 saturated carbocycles. The van der Waals surface area contributed by atoms with Gasteiger partial charge in [-0.05, 0) is 12.1 Å². The number of anilines is 1. The molecule has 8 heteroatoms. The maximum Gasteiger partial charge on any atom is 0.359 e. The minimum absolute atomic E-state index is 0.0434.